The van der Waals surface area contributed by atoms with E-state index in [4.69, 9.17) is 9.51 Å². The van der Waals surface area contributed by atoms with E-state index in [9.17, 15) is 0 Å². The second kappa shape index (κ2) is 7.55. The van der Waals surface area contributed by atoms with Crippen LogP contribution in [0.5, 0.6) is 0 Å². The number of imidazole rings is 1. The molecule has 0 saturated carbocycles. The summed E-state index contributed by atoms with van der Waals surface area (Å²) in [4.78, 5) is 14.0. The average Bonchev–Trinajstić information content (AvgIpc) is 3.22. The molecule has 1 aliphatic rings. The van der Waals surface area contributed by atoms with Crippen molar-refractivity contribution in [1.82, 2.24) is 29.3 Å². The highest BCUT2D eigenvalue weighted by Crippen LogP contribution is 2.12. The van der Waals surface area contributed by atoms with Crippen LogP contribution in [0.2, 0.25) is 0 Å². The number of fused-ring (bicyclic) bond motifs is 1. The van der Waals surface area contributed by atoms with E-state index in [1.165, 1.54) is 0 Å². The highest BCUT2D eigenvalue weighted by Gasteiger charge is 2.20. The lowest BCUT2D eigenvalue weighted by molar-refractivity contribution is 0.111. The highest BCUT2D eigenvalue weighted by molar-refractivity contribution is 5.39. The van der Waals surface area contributed by atoms with E-state index in [-0.39, 0.29) is 0 Å². The fraction of sp³-hybridized carbons (Fsp3) is 0.526. The molecule has 138 valence electrons. The summed E-state index contributed by atoms with van der Waals surface area (Å²) >= 11 is 0. The van der Waals surface area contributed by atoms with E-state index < -0.39 is 0 Å². The van der Waals surface area contributed by atoms with Gasteiger partial charge in [-0.15, -0.1) is 0 Å². The standard InChI is InChI=1S/C19H26N6O/c1-15(2)11-17-21-19(26-22-17)14-24-9-7-23(8-10-24)12-16-13-25-6-4-3-5-18(25)20-16/h3-6,13,15H,7-12,14H2,1-2H3. The third kappa shape index (κ3) is 4.11. The molecule has 0 N–H and O–H groups in total. The Morgan fingerprint density at radius 3 is 2.54 bits per heavy atom. The average molecular weight is 354 g/mol. The third-order valence-electron chi connectivity index (χ3n) is 4.72. The first-order chi connectivity index (χ1) is 12.7. The molecule has 0 bridgehead atoms. The Kier molecular flexibility index (Phi) is 4.99. The van der Waals surface area contributed by atoms with Crippen LogP contribution in [0.25, 0.3) is 5.65 Å². The summed E-state index contributed by atoms with van der Waals surface area (Å²) in [5.41, 5.74) is 2.13. The molecule has 3 aromatic rings. The first kappa shape index (κ1) is 17.2. The molecule has 26 heavy (non-hydrogen) atoms. The molecule has 1 saturated heterocycles. The molecular formula is C19H26N6O. The topological polar surface area (TPSA) is 62.7 Å². The lowest BCUT2D eigenvalue weighted by Crippen LogP contribution is -2.45. The maximum Gasteiger partial charge on any atom is 0.240 e. The van der Waals surface area contributed by atoms with Crippen LogP contribution in [0.3, 0.4) is 0 Å². The van der Waals surface area contributed by atoms with Gasteiger partial charge in [0.25, 0.3) is 0 Å². The number of piperazine rings is 1. The number of aromatic nitrogens is 4. The van der Waals surface area contributed by atoms with Gasteiger partial charge in [0, 0.05) is 51.5 Å². The zero-order valence-corrected chi connectivity index (χ0v) is 15.5. The third-order valence-corrected chi connectivity index (χ3v) is 4.72. The van der Waals surface area contributed by atoms with Crippen LogP contribution in [0.15, 0.2) is 35.1 Å². The molecule has 0 spiro atoms. The number of pyridine rings is 1. The maximum atomic E-state index is 5.40. The number of rotatable bonds is 6. The van der Waals surface area contributed by atoms with Crippen molar-refractivity contribution >= 4 is 5.65 Å². The quantitative estimate of drug-likeness (QED) is 0.676. The molecule has 0 atom stereocenters. The van der Waals surface area contributed by atoms with Crippen LogP contribution in [0, 0.1) is 5.92 Å². The molecule has 4 rings (SSSR count). The smallest absolute Gasteiger partial charge is 0.240 e. The minimum Gasteiger partial charge on any atom is -0.338 e. The Balaban J connectivity index is 1.28. The van der Waals surface area contributed by atoms with E-state index >= 15 is 0 Å². The number of hydrogen-bond acceptors (Lipinski definition) is 6. The Labute approximate surface area is 153 Å². The molecule has 0 unspecified atom stereocenters. The second-order valence-corrected chi connectivity index (χ2v) is 7.45. The van der Waals surface area contributed by atoms with Crippen molar-refractivity contribution < 1.29 is 4.52 Å². The Morgan fingerprint density at radius 2 is 1.81 bits per heavy atom. The van der Waals surface area contributed by atoms with Crippen molar-refractivity contribution in [2.75, 3.05) is 26.2 Å². The molecule has 4 heterocycles. The normalized spacial score (nSPS) is 16.7. The monoisotopic (exact) mass is 354 g/mol. The van der Waals surface area contributed by atoms with Gasteiger partial charge >= 0.3 is 0 Å². The summed E-state index contributed by atoms with van der Waals surface area (Å²) in [5.74, 6) is 2.10. The van der Waals surface area contributed by atoms with E-state index in [1.807, 2.05) is 24.4 Å². The van der Waals surface area contributed by atoms with Crippen molar-refractivity contribution in [1.29, 1.82) is 0 Å². The van der Waals surface area contributed by atoms with Gasteiger partial charge in [0.2, 0.25) is 5.89 Å². The zero-order chi connectivity index (χ0) is 17.9. The number of nitrogens with zero attached hydrogens (tertiary/aromatic N) is 6. The molecule has 7 nitrogen and oxygen atoms in total. The fourth-order valence-corrected chi connectivity index (χ4v) is 3.39. The molecular weight excluding hydrogens is 328 g/mol. The summed E-state index contributed by atoms with van der Waals surface area (Å²) in [6.45, 7) is 10.0. The molecule has 1 fully saturated rings. The number of hydrogen-bond donors (Lipinski definition) is 0. The van der Waals surface area contributed by atoms with Crippen LogP contribution < -0.4 is 0 Å². The molecule has 7 heteroatoms. The summed E-state index contributed by atoms with van der Waals surface area (Å²) in [6.07, 6.45) is 5.04. The van der Waals surface area contributed by atoms with Gasteiger partial charge in [0.1, 0.15) is 5.65 Å². The van der Waals surface area contributed by atoms with Gasteiger partial charge in [-0.2, -0.15) is 4.98 Å². The van der Waals surface area contributed by atoms with Gasteiger partial charge in [-0.25, -0.2) is 4.98 Å². The minimum atomic E-state index is 0.545. The molecule has 0 aliphatic carbocycles. The van der Waals surface area contributed by atoms with Gasteiger partial charge in [-0.1, -0.05) is 25.1 Å². The van der Waals surface area contributed by atoms with Gasteiger partial charge in [-0.3, -0.25) is 9.80 Å². The van der Waals surface area contributed by atoms with Crippen LogP contribution in [0.1, 0.15) is 31.3 Å². The lowest BCUT2D eigenvalue weighted by Gasteiger charge is -2.33. The van der Waals surface area contributed by atoms with E-state index in [0.717, 1.165) is 68.7 Å². The van der Waals surface area contributed by atoms with Crippen LogP contribution in [-0.2, 0) is 19.5 Å². The predicted molar refractivity (Wildman–Crippen MR) is 98.6 cm³/mol. The lowest BCUT2D eigenvalue weighted by atomic mass is 10.1. The van der Waals surface area contributed by atoms with Crippen molar-refractivity contribution in [3.8, 4) is 0 Å². The summed E-state index contributed by atoms with van der Waals surface area (Å²) < 4.78 is 7.47. The van der Waals surface area contributed by atoms with E-state index in [1.54, 1.807) is 0 Å². The van der Waals surface area contributed by atoms with Crippen LogP contribution in [-0.4, -0.2) is 55.5 Å². The van der Waals surface area contributed by atoms with Gasteiger partial charge in [-0.05, 0) is 18.1 Å². The molecule has 0 radical (unpaired) electrons. The van der Waals surface area contributed by atoms with Gasteiger partial charge < -0.3 is 8.92 Å². The van der Waals surface area contributed by atoms with Crippen molar-refractivity contribution in [3.63, 3.8) is 0 Å². The SMILES string of the molecule is CC(C)Cc1noc(CN2CCN(Cc3cn4ccccc4n3)CC2)n1. The Morgan fingerprint density at radius 1 is 1.04 bits per heavy atom. The first-order valence-corrected chi connectivity index (χ1v) is 9.34. The minimum absolute atomic E-state index is 0.545. The summed E-state index contributed by atoms with van der Waals surface area (Å²) in [5, 5.41) is 4.08. The molecule has 1 aliphatic heterocycles. The fourth-order valence-electron chi connectivity index (χ4n) is 3.39. The molecule has 0 aromatic carbocycles. The van der Waals surface area contributed by atoms with Crippen molar-refractivity contribution in [2.24, 2.45) is 5.92 Å². The first-order valence-electron chi connectivity index (χ1n) is 9.34. The van der Waals surface area contributed by atoms with Crippen LogP contribution >= 0.6 is 0 Å². The second-order valence-electron chi connectivity index (χ2n) is 7.45. The Hall–Kier alpha value is -2.25. The largest absolute Gasteiger partial charge is 0.338 e. The van der Waals surface area contributed by atoms with E-state index in [0.29, 0.717) is 5.92 Å². The van der Waals surface area contributed by atoms with Crippen molar-refractivity contribution in [2.45, 2.75) is 33.4 Å². The van der Waals surface area contributed by atoms with Gasteiger partial charge in [0.05, 0.1) is 12.2 Å². The summed E-state index contributed by atoms with van der Waals surface area (Å²) in [7, 11) is 0. The zero-order valence-electron chi connectivity index (χ0n) is 15.5. The van der Waals surface area contributed by atoms with E-state index in [2.05, 4.69) is 44.4 Å². The highest BCUT2D eigenvalue weighted by atomic mass is 16.5. The van der Waals surface area contributed by atoms with Gasteiger partial charge in [0.15, 0.2) is 5.82 Å². The molecule has 3 aromatic heterocycles. The van der Waals surface area contributed by atoms with Crippen molar-refractivity contribution in [3.05, 3.63) is 48.0 Å². The Bertz CT molecular complexity index is 813. The molecule has 0 amide bonds. The predicted octanol–water partition coefficient (Wildman–Crippen LogP) is 2.23. The summed E-state index contributed by atoms with van der Waals surface area (Å²) in [6, 6.07) is 6.09. The van der Waals surface area contributed by atoms with Crippen LogP contribution in [0.4, 0.5) is 0 Å². The maximum absolute atomic E-state index is 5.40.